The number of hydrogen-bond donors (Lipinski definition) is 0. The van der Waals surface area contributed by atoms with Gasteiger partial charge in [0.1, 0.15) is 0 Å². The summed E-state index contributed by atoms with van der Waals surface area (Å²) in [7, 11) is 2.09. The third-order valence-electron chi connectivity index (χ3n) is 4.64. The lowest BCUT2D eigenvalue weighted by Gasteiger charge is -2.19. The van der Waals surface area contributed by atoms with Gasteiger partial charge in [0.15, 0.2) is 0 Å². The normalized spacial score (nSPS) is 31.7. The molecular formula is C15H18F3N. The summed E-state index contributed by atoms with van der Waals surface area (Å²) in [6.07, 6.45) is -2.42. The van der Waals surface area contributed by atoms with Crippen LogP contribution in [0, 0.1) is 11.8 Å². The van der Waals surface area contributed by atoms with Gasteiger partial charge in [-0.1, -0.05) is 18.2 Å². The molecule has 1 aliphatic carbocycles. The molecule has 1 saturated carbocycles. The summed E-state index contributed by atoms with van der Waals surface area (Å²) in [4.78, 5) is 2.29. The first-order valence-electron chi connectivity index (χ1n) is 6.80. The molecule has 0 spiro atoms. The van der Waals surface area contributed by atoms with Crippen molar-refractivity contribution >= 4 is 0 Å². The van der Waals surface area contributed by atoms with Crippen LogP contribution in [0.4, 0.5) is 13.2 Å². The number of halogens is 3. The van der Waals surface area contributed by atoms with E-state index in [1.165, 1.54) is 12.1 Å². The van der Waals surface area contributed by atoms with Crippen molar-refractivity contribution in [3.05, 3.63) is 35.4 Å². The van der Waals surface area contributed by atoms with E-state index in [1.807, 2.05) is 0 Å². The highest BCUT2D eigenvalue weighted by Gasteiger charge is 2.43. The second kappa shape index (κ2) is 4.51. The minimum Gasteiger partial charge on any atom is -0.306 e. The van der Waals surface area contributed by atoms with Crippen molar-refractivity contribution < 1.29 is 13.2 Å². The molecule has 0 aromatic heterocycles. The van der Waals surface area contributed by atoms with Gasteiger partial charge in [-0.25, -0.2) is 0 Å². The maximum absolute atomic E-state index is 13.0. The minimum atomic E-state index is -4.23. The predicted molar refractivity (Wildman–Crippen MR) is 67.9 cm³/mol. The van der Waals surface area contributed by atoms with Crippen LogP contribution in [0.1, 0.15) is 29.9 Å². The highest BCUT2D eigenvalue weighted by atomic mass is 19.4. The molecule has 2 aliphatic rings. The van der Waals surface area contributed by atoms with Crippen molar-refractivity contribution in [3.8, 4) is 0 Å². The lowest BCUT2D eigenvalue weighted by atomic mass is 9.91. The third-order valence-corrected chi connectivity index (χ3v) is 4.64. The predicted octanol–water partition coefficient (Wildman–Crippen LogP) is 3.76. The van der Waals surface area contributed by atoms with Crippen LogP contribution < -0.4 is 0 Å². The van der Waals surface area contributed by atoms with Crippen LogP contribution >= 0.6 is 0 Å². The standard InChI is InChI=1S/C15H18F3N/c1-19-8-11-6-10(7-12(11)9-19)13-4-2-3-5-14(13)15(16,17)18/h2-5,10-12H,6-9H2,1H3/t10?,11-,12+. The van der Waals surface area contributed by atoms with Crippen molar-refractivity contribution in [1.29, 1.82) is 0 Å². The van der Waals surface area contributed by atoms with Gasteiger partial charge < -0.3 is 4.90 Å². The molecule has 1 heterocycles. The van der Waals surface area contributed by atoms with Crippen LogP contribution in [0.2, 0.25) is 0 Å². The van der Waals surface area contributed by atoms with Crippen molar-refractivity contribution in [2.24, 2.45) is 11.8 Å². The molecule has 2 fully saturated rings. The zero-order valence-electron chi connectivity index (χ0n) is 11.0. The smallest absolute Gasteiger partial charge is 0.306 e. The van der Waals surface area contributed by atoms with Crippen molar-refractivity contribution in [2.75, 3.05) is 20.1 Å². The summed E-state index contributed by atoms with van der Waals surface area (Å²) < 4.78 is 39.1. The Bertz CT molecular complexity index is 455. The van der Waals surface area contributed by atoms with Gasteiger partial charge in [0, 0.05) is 13.1 Å². The van der Waals surface area contributed by atoms with Crippen molar-refractivity contribution in [1.82, 2.24) is 4.90 Å². The van der Waals surface area contributed by atoms with E-state index in [-0.39, 0.29) is 5.92 Å². The van der Waals surface area contributed by atoms with Crippen LogP contribution in [0.25, 0.3) is 0 Å². The molecule has 104 valence electrons. The second-order valence-electron chi connectivity index (χ2n) is 5.99. The van der Waals surface area contributed by atoms with Gasteiger partial charge >= 0.3 is 6.18 Å². The zero-order valence-corrected chi connectivity index (χ0v) is 11.0. The molecule has 1 saturated heterocycles. The Morgan fingerprint density at radius 1 is 1.05 bits per heavy atom. The molecule has 0 bridgehead atoms. The Labute approximate surface area is 111 Å². The van der Waals surface area contributed by atoms with E-state index in [0.717, 1.165) is 25.9 Å². The average Bonchev–Trinajstić information content (AvgIpc) is 2.85. The largest absolute Gasteiger partial charge is 0.416 e. The van der Waals surface area contributed by atoms with Crippen molar-refractivity contribution in [3.63, 3.8) is 0 Å². The Kier molecular flexibility index (Phi) is 3.08. The maximum Gasteiger partial charge on any atom is 0.416 e. The average molecular weight is 269 g/mol. The maximum atomic E-state index is 13.0. The van der Waals surface area contributed by atoms with E-state index in [2.05, 4.69) is 11.9 Å². The molecule has 1 nitrogen and oxygen atoms in total. The summed E-state index contributed by atoms with van der Waals surface area (Å²) in [6.45, 7) is 2.07. The Morgan fingerprint density at radius 2 is 1.63 bits per heavy atom. The highest BCUT2D eigenvalue weighted by Crippen LogP contribution is 2.48. The monoisotopic (exact) mass is 269 g/mol. The molecular weight excluding hydrogens is 251 g/mol. The molecule has 1 aliphatic heterocycles. The molecule has 3 rings (SSSR count). The number of nitrogens with zero attached hydrogens (tertiary/aromatic N) is 1. The summed E-state index contributed by atoms with van der Waals surface area (Å²) in [5, 5.41) is 0. The van der Waals surface area contributed by atoms with E-state index in [0.29, 0.717) is 17.4 Å². The first-order chi connectivity index (χ1) is 8.95. The summed E-state index contributed by atoms with van der Waals surface area (Å²) in [6, 6.07) is 6.09. The molecule has 3 atom stereocenters. The van der Waals surface area contributed by atoms with Crippen LogP contribution in [0.5, 0.6) is 0 Å². The van der Waals surface area contributed by atoms with E-state index < -0.39 is 11.7 Å². The van der Waals surface area contributed by atoms with E-state index in [9.17, 15) is 13.2 Å². The first-order valence-corrected chi connectivity index (χ1v) is 6.80. The molecule has 4 heteroatoms. The van der Waals surface area contributed by atoms with Crippen LogP contribution in [-0.4, -0.2) is 25.0 Å². The molecule has 1 aromatic rings. The highest BCUT2D eigenvalue weighted by molar-refractivity contribution is 5.33. The number of fused-ring (bicyclic) bond motifs is 1. The summed E-state index contributed by atoms with van der Waals surface area (Å²) in [5.74, 6) is 1.24. The molecule has 0 amide bonds. The molecule has 0 radical (unpaired) electrons. The van der Waals surface area contributed by atoms with Gasteiger partial charge in [-0.05, 0) is 49.3 Å². The molecule has 1 unspecified atom stereocenters. The quantitative estimate of drug-likeness (QED) is 0.750. The lowest BCUT2D eigenvalue weighted by Crippen LogP contribution is -2.17. The van der Waals surface area contributed by atoms with Crippen molar-refractivity contribution in [2.45, 2.75) is 24.9 Å². The van der Waals surface area contributed by atoms with Crippen LogP contribution in [0.15, 0.2) is 24.3 Å². The Morgan fingerprint density at radius 3 is 2.21 bits per heavy atom. The Balaban J connectivity index is 1.85. The SMILES string of the molecule is CN1C[C@H]2CC(c3ccccc3C(F)(F)F)C[C@H]2C1. The number of hydrogen-bond acceptors (Lipinski definition) is 1. The van der Waals surface area contributed by atoms with Gasteiger partial charge in [0.25, 0.3) is 0 Å². The summed E-state index contributed by atoms with van der Waals surface area (Å²) >= 11 is 0. The van der Waals surface area contributed by atoms with E-state index in [1.54, 1.807) is 12.1 Å². The van der Waals surface area contributed by atoms with Gasteiger partial charge in [-0.3, -0.25) is 0 Å². The molecule has 19 heavy (non-hydrogen) atoms. The van der Waals surface area contributed by atoms with Gasteiger partial charge in [0.2, 0.25) is 0 Å². The number of alkyl halides is 3. The van der Waals surface area contributed by atoms with E-state index in [4.69, 9.17) is 0 Å². The fraction of sp³-hybridized carbons (Fsp3) is 0.600. The number of benzene rings is 1. The van der Waals surface area contributed by atoms with Crippen LogP contribution in [-0.2, 0) is 6.18 Å². The fourth-order valence-corrected chi connectivity index (χ4v) is 3.90. The number of likely N-dealkylation sites (tertiary alicyclic amines) is 1. The van der Waals surface area contributed by atoms with Gasteiger partial charge in [0.05, 0.1) is 5.56 Å². The number of rotatable bonds is 1. The minimum absolute atomic E-state index is 0.0847. The second-order valence-corrected chi connectivity index (χ2v) is 5.99. The van der Waals surface area contributed by atoms with Gasteiger partial charge in [-0.2, -0.15) is 13.2 Å². The zero-order chi connectivity index (χ0) is 13.6. The third kappa shape index (κ3) is 2.38. The summed E-state index contributed by atoms with van der Waals surface area (Å²) in [5.41, 5.74) is 0.0698. The van der Waals surface area contributed by atoms with Crippen LogP contribution in [0.3, 0.4) is 0 Å². The Hall–Kier alpha value is -1.03. The van der Waals surface area contributed by atoms with E-state index >= 15 is 0 Å². The fourth-order valence-electron chi connectivity index (χ4n) is 3.90. The molecule has 0 N–H and O–H groups in total. The topological polar surface area (TPSA) is 3.24 Å². The van der Waals surface area contributed by atoms with Gasteiger partial charge in [-0.15, -0.1) is 0 Å². The lowest BCUT2D eigenvalue weighted by molar-refractivity contribution is -0.138. The first kappa shape index (κ1) is 13.0. The molecule has 1 aromatic carbocycles.